The number of alkyl halides is 3. The Hall–Kier alpha value is -5.14. The number of hydrogen-bond donors (Lipinski definition) is 4. The van der Waals surface area contributed by atoms with E-state index in [1.54, 1.807) is 17.0 Å². The van der Waals surface area contributed by atoms with Gasteiger partial charge in [-0.05, 0) is 42.5 Å². The van der Waals surface area contributed by atoms with Crippen LogP contribution in [-0.2, 0) is 6.18 Å². The number of urea groups is 1. The summed E-state index contributed by atoms with van der Waals surface area (Å²) >= 11 is 0. The third-order valence-electron chi connectivity index (χ3n) is 5.77. The molecule has 0 bridgehead atoms. The number of nitrogens with one attached hydrogen (secondary N) is 3. The predicted octanol–water partition coefficient (Wildman–Crippen LogP) is 3.17. The third kappa shape index (κ3) is 4.78. The highest BCUT2D eigenvalue weighted by Crippen LogP contribution is 2.35. The molecule has 1 aliphatic heterocycles. The molecule has 5 rings (SSSR count). The Morgan fingerprint density at radius 2 is 1.82 bits per heavy atom. The second kappa shape index (κ2) is 9.38. The molecule has 1 aliphatic rings. The van der Waals surface area contributed by atoms with Crippen LogP contribution >= 0.6 is 0 Å². The third-order valence-corrected chi connectivity index (χ3v) is 5.77. The maximum absolute atomic E-state index is 13.3. The number of hydrogen-bond acceptors (Lipinski definition) is 7. The van der Waals surface area contributed by atoms with E-state index < -0.39 is 28.9 Å². The minimum absolute atomic E-state index is 0.0316. The fourth-order valence-electron chi connectivity index (χ4n) is 4.02. The number of fused-ring (bicyclic) bond motifs is 1. The molecule has 0 saturated heterocycles. The molecule has 0 fully saturated rings. The summed E-state index contributed by atoms with van der Waals surface area (Å²) in [6.45, 7) is 0.954. The monoisotopic (exact) mass is 524 g/mol. The van der Waals surface area contributed by atoms with Crippen LogP contribution in [0.3, 0.4) is 0 Å². The van der Waals surface area contributed by atoms with Crippen molar-refractivity contribution in [2.45, 2.75) is 6.18 Å². The van der Waals surface area contributed by atoms with Crippen LogP contribution in [-0.4, -0.2) is 40.0 Å². The van der Waals surface area contributed by atoms with Crippen molar-refractivity contribution < 1.29 is 18.0 Å². The second-order valence-electron chi connectivity index (χ2n) is 8.27. The molecule has 0 aliphatic carbocycles. The Balaban J connectivity index is 1.39. The molecule has 0 unspecified atom stereocenters. The number of nitrogen functional groups attached to an aromatic ring is 1. The van der Waals surface area contributed by atoms with E-state index in [-0.39, 0.29) is 22.5 Å². The first-order chi connectivity index (χ1) is 18.1. The molecule has 2 amide bonds. The number of halogens is 3. The van der Waals surface area contributed by atoms with E-state index in [0.717, 1.165) is 12.1 Å². The van der Waals surface area contributed by atoms with Crippen LogP contribution in [0.5, 0.6) is 0 Å². The van der Waals surface area contributed by atoms with Crippen LogP contribution in [0.4, 0.5) is 40.8 Å². The molecule has 0 atom stereocenters. The van der Waals surface area contributed by atoms with E-state index in [2.05, 4.69) is 25.6 Å². The van der Waals surface area contributed by atoms with E-state index in [4.69, 9.17) is 5.73 Å². The maximum atomic E-state index is 13.3. The molecule has 2 aromatic carbocycles. The number of carbonyl (C=O) groups excluding carboxylic acids is 1. The number of carbonyl (C=O) groups is 1. The van der Waals surface area contributed by atoms with Gasteiger partial charge in [0.2, 0.25) is 0 Å². The molecule has 3 heterocycles. The molecule has 0 spiro atoms. The molecular formula is C24H19F3N8O3. The lowest BCUT2D eigenvalue weighted by Crippen LogP contribution is -2.24. The van der Waals surface area contributed by atoms with Gasteiger partial charge in [-0.1, -0.05) is 0 Å². The molecule has 0 saturated carbocycles. The van der Waals surface area contributed by atoms with Crippen molar-refractivity contribution in [3.05, 3.63) is 81.0 Å². The van der Waals surface area contributed by atoms with Crippen molar-refractivity contribution in [3.63, 3.8) is 0 Å². The fourth-order valence-corrected chi connectivity index (χ4v) is 4.02. The van der Waals surface area contributed by atoms with Crippen molar-refractivity contribution in [3.8, 4) is 5.69 Å². The summed E-state index contributed by atoms with van der Waals surface area (Å²) in [7, 11) is 0. The topological polar surface area (TPSA) is 150 Å². The lowest BCUT2D eigenvalue weighted by Gasteiger charge is -2.20. The van der Waals surface area contributed by atoms with Gasteiger partial charge in [0.1, 0.15) is 11.2 Å². The molecule has 5 N–H and O–H groups in total. The van der Waals surface area contributed by atoms with Crippen LogP contribution < -0.4 is 32.4 Å². The lowest BCUT2D eigenvalue weighted by molar-refractivity contribution is -0.137. The van der Waals surface area contributed by atoms with Crippen molar-refractivity contribution >= 4 is 46.3 Å². The summed E-state index contributed by atoms with van der Waals surface area (Å²) in [5.41, 5.74) is 4.99. The molecular weight excluding hydrogens is 505 g/mol. The Morgan fingerprint density at radius 1 is 1.05 bits per heavy atom. The number of aromatic nitrogens is 3. The number of nitrogens with two attached hydrogens (primary N) is 1. The van der Waals surface area contributed by atoms with Crippen LogP contribution in [0.2, 0.25) is 0 Å². The zero-order valence-corrected chi connectivity index (χ0v) is 19.4. The number of anilines is 4. The van der Waals surface area contributed by atoms with E-state index in [1.807, 2.05) is 0 Å². The highest BCUT2D eigenvalue weighted by molar-refractivity contribution is 6.03. The van der Waals surface area contributed by atoms with Crippen molar-refractivity contribution in [2.75, 3.05) is 34.4 Å². The van der Waals surface area contributed by atoms with Gasteiger partial charge >= 0.3 is 17.9 Å². The summed E-state index contributed by atoms with van der Waals surface area (Å²) in [4.78, 5) is 48.6. The highest BCUT2D eigenvalue weighted by atomic mass is 19.4. The number of pyridine rings is 1. The molecule has 11 nitrogen and oxygen atoms in total. The van der Waals surface area contributed by atoms with Gasteiger partial charge in [0.25, 0.3) is 0 Å². The Kier molecular flexibility index (Phi) is 6.06. The van der Waals surface area contributed by atoms with Gasteiger partial charge in [-0.2, -0.15) is 18.2 Å². The average Bonchev–Trinajstić information content (AvgIpc) is 3.39. The number of aliphatic imine (C=N–C) groups is 1. The van der Waals surface area contributed by atoms with Crippen molar-refractivity contribution in [1.29, 1.82) is 0 Å². The Bertz CT molecular complexity index is 1690. The average molecular weight is 524 g/mol. The van der Waals surface area contributed by atoms with Gasteiger partial charge in [0.15, 0.2) is 11.1 Å². The van der Waals surface area contributed by atoms with Crippen LogP contribution in [0.1, 0.15) is 5.56 Å². The van der Waals surface area contributed by atoms with Crippen LogP contribution in [0, 0.1) is 0 Å². The minimum atomic E-state index is -4.59. The number of amides is 2. The van der Waals surface area contributed by atoms with Gasteiger partial charge in [-0.3, -0.25) is 14.8 Å². The van der Waals surface area contributed by atoms with Crippen LogP contribution in [0.25, 0.3) is 16.7 Å². The summed E-state index contributed by atoms with van der Waals surface area (Å²) in [5.74, 6) is -0.108. The molecule has 4 aromatic rings. The lowest BCUT2D eigenvalue weighted by atomic mass is 10.1. The first-order valence-corrected chi connectivity index (χ1v) is 11.2. The summed E-state index contributed by atoms with van der Waals surface area (Å²) in [6.07, 6.45) is -1.65. The molecule has 38 heavy (non-hydrogen) atoms. The quantitative estimate of drug-likeness (QED) is 0.322. The maximum Gasteiger partial charge on any atom is 0.416 e. The Labute approximate surface area is 211 Å². The number of rotatable bonds is 4. The molecule has 0 radical (unpaired) electrons. The summed E-state index contributed by atoms with van der Waals surface area (Å²) in [6, 6.07) is 9.87. The van der Waals surface area contributed by atoms with E-state index >= 15 is 0 Å². The summed E-state index contributed by atoms with van der Waals surface area (Å²) < 4.78 is 41.3. The first-order valence-electron chi connectivity index (χ1n) is 11.2. The van der Waals surface area contributed by atoms with Gasteiger partial charge in [-0.25, -0.2) is 9.59 Å². The standard InChI is InChI=1S/C24H19F3N8O3/c25-24(26,27)13-1-6-17(34-10-8-29-12-34)16(11-13)31-22(37)30-14-2-4-15(5-3-14)35-9-7-18(36)19-20(28)32-23(38)33-21(19)35/h1-7,9,11-12H,8,10H2,(H2,30,31,37)(H3,28,32,33,38). The SMILES string of the molecule is Nc1[nH]c(=O)nc2c1c(=O)ccn2-c1ccc(NC(=O)Nc2cc(C(F)(F)F)ccc2N2C=NCC2)cc1. The number of aromatic amines is 1. The minimum Gasteiger partial charge on any atom is -0.384 e. The zero-order valence-electron chi connectivity index (χ0n) is 19.4. The van der Waals surface area contributed by atoms with Crippen molar-refractivity contribution in [2.24, 2.45) is 4.99 Å². The number of benzene rings is 2. The van der Waals surface area contributed by atoms with E-state index in [0.29, 0.717) is 30.2 Å². The molecule has 14 heteroatoms. The summed E-state index contributed by atoms with van der Waals surface area (Å²) in [5, 5.41) is 5.11. The zero-order chi connectivity index (χ0) is 27.0. The fraction of sp³-hybridized carbons (Fsp3) is 0.125. The predicted molar refractivity (Wildman–Crippen MR) is 137 cm³/mol. The molecule has 2 aromatic heterocycles. The highest BCUT2D eigenvalue weighted by Gasteiger charge is 2.32. The van der Waals surface area contributed by atoms with E-state index in [9.17, 15) is 27.6 Å². The molecule has 194 valence electrons. The number of nitrogens with zero attached hydrogens (tertiary/aromatic N) is 4. The van der Waals surface area contributed by atoms with Gasteiger partial charge in [0.05, 0.1) is 29.8 Å². The largest absolute Gasteiger partial charge is 0.416 e. The van der Waals surface area contributed by atoms with Gasteiger partial charge in [0, 0.05) is 30.2 Å². The number of H-pyrrole nitrogens is 1. The van der Waals surface area contributed by atoms with Gasteiger partial charge in [-0.15, -0.1) is 0 Å². The first kappa shape index (κ1) is 24.5. The van der Waals surface area contributed by atoms with E-state index in [1.165, 1.54) is 41.4 Å². The van der Waals surface area contributed by atoms with Crippen LogP contribution in [0.15, 0.2) is 69.3 Å². The second-order valence-corrected chi connectivity index (χ2v) is 8.27. The Morgan fingerprint density at radius 3 is 2.50 bits per heavy atom. The smallest absolute Gasteiger partial charge is 0.384 e. The van der Waals surface area contributed by atoms with Crippen molar-refractivity contribution in [1.82, 2.24) is 14.5 Å². The van der Waals surface area contributed by atoms with Gasteiger partial charge < -0.3 is 25.8 Å². The normalized spacial score (nSPS) is 13.2.